The predicted octanol–water partition coefficient (Wildman–Crippen LogP) is 4.67. The zero-order valence-electron chi connectivity index (χ0n) is 25.2. The first-order valence-corrected chi connectivity index (χ1v) is 14.3. The molecule has 0 aliphatic carbocycles. The minimum absolute atomic E-state index is 0.0484. The molecule has 0 radical (unpaired) electrons. The molecule has 0 aliphatic rings. The summed E-state index contributed by atoms with van der Waals surface area (Å²) in [6, 6.07) is 8.75. The third-order valence-electron chi connectivity index (χ3n) is 6.03. The molecular formula is C30H35ClF2N6O6. The molecule has 4 N–H and O–H groups in total. The number of halogens is 3. The lowest BCUT2D eigenvalue weighted by Crippen LogP contribution is -2.52. The molecular weight excluding hydrogens is 614 g/mol. The lowest BCUT2D eigenvalue weighted by atomic mass is 10.2. The number of nitrogens with one attached hydrogen (secondary N) is 4. The summed E-state index contributed by atoms with van der Waals surface area (Å²) in [5.41, 5.74) is 2.49. The second-order valence-electron chi connectivity index (χ2n) is 10.9. The first-order valence-electron chi connectivity index (χ1n) is 13.9. The van der Waals surface area contributed by atoms with Gasteiger partial charge < -0.3 is 20.1 Å². The van der Waals surface area contributed by atoms with Crippen LogP contribution in [0.5, 0.6) is 0 Å². The molecule has 3 rings (SSSR count). The lowest BCUT2D eigenvalue weighted by molar-refractivity contribution is -0.138. The number of alkyl carbamates (subject to hydrolysis) is 1. The van der Waals surface area contributed by atoms with E-state index in [0.29, 0.717) is 16.3 Å². The van der Waals surface area contributed by atoms with E-state index < -0.39 is 53.9 Å². The number of amides is 4. The number of hydrogen-bond donors (Lipinski definition) is 4. The van der Waals surface area contributed by atoms with Gasteiger partial charge in [-0.1, -0.05) is 23.7 Å². The highest BCUT2D eigenvalue weighted by molar-refractivity contribution is 6.31. The van der Waals surface area contributed by atoms with Crippen molar-refractivity contribution in [3.63, 3.8) is 0 Å². The van der Waals surface area contributed by atoms with Crippen molar-refractivity contribution in [3.05, 3.63) is 70.9 Å². The molecule has 12 nitrogen and oxygen atoms in total. The first-order chi connectivity index (χ1) is 21.2. The smallest absolute Gasteiger partial charge is 0.412 e. The Morgan fingerprint density at radius 1 is 1.00 bits per heavy atom. The van der Waals surface area contributed by atoms with Crippen molar-refractivity contribution in [1.82, 2.24) is 26.1 Å². The van der Waals surface area contributed by atoms with Crippen LogP contribution in [0.25, 0.3) is 10.8 Å². The second kappa shape index (κ2) is 16.0. The average Bonchev–Trinajstić information content (AvgIpc) is 2.94. The highest BCUT2D eigenvalue weighted by Gasteiger charge is 2.26. The van der Waals surface area contributed by atoms with Crippen molar-refractivity contribution in [2.24, 2.45) is 0 Å². The molecule has 0 aliphatic heterocycles. The van der Waals surface area contributed by atoms with E-state index in [0.717, 1.165) is 5.01 Å². The van der Waals surface area contributed by atoms with Gasteiger partial charge in [0.05, 0.1) is 17.5 Å². The molecule has 0 fully saturated rings. The van der Waals surface area contributed by atoms with Crippen molar-refractivity contribution in [1.29, 1.82) is 0 Å². The van der Waals surface area contributed by atoms with E-state index >= 15 is 0 Å². The number of rotatable bonds is 12. The third kappa shape index (κ3) is 11.5. The van der Waals surface area contributed by atoms with Crippen molar-refractivity contribution in [2.45, 2.75) is 52.3 Å². The number of pyridine rings is 1. The molecule has 1 heterocycles. The molecule has 0 spiro atoms. The SMILES string of the molecule is CC(=O)N(NCc1cccc(F)c1Cl)C(COC(=O)Nc1cc2cc(F)ccc2cn1)CC(=O)NCCNC(=O)OC(C)(C)C. The minimum atomic E-state index is -1.03. The summed E-state index contributed by atoms with van der Waals surface area (Å²) in [4.78, 5) is 54.1. The number of hydrogen-bond acceptors (Lipinski definition) is 8. The lowest BCUT2D eigenvalue weighted by Gasteiger charge is -2.31. The number of nitrogens with zero attached hydrogens (tertiary/aromatic N) is 2. The maximum absolute atomic E-state index is 14.0. The minimum Gasteiger partial charge on any atom is -0.447 e. The first kappa shape index (κ1) is 34.9. The highest BCUT2D eigenvalue weighted by atomic mass is 35.5. The number of carbonyl (C=O) groups is 4. The number of anilines is 1. The summed E-state index contributed by atoms with van der Waals surface area (Å²) >= 11 is 6.05. The molecule has 0 saturated carbocycles. The molecule has 242 valence electrons. The van der Waals surface area contributed by atoms with Gasteiger partial charge in [-0.05, 0) is 62.1 Å². The van der Waals surface area contributed by atoms with Gasteiger partial charge in [-0.2, -0.15) is 0 Å². The third-order valence-corrected chi connectivity index (χ3v) is 6.46. The Hall–Kier alpha value is -4.56. The van der Waals surface area contributed by atoms with E-state index in [1.54, 1.807) is 32.9 Å². The van der Waals surface area contributed by atoms with Gasteiger partial charge in [0, 0.05) is 38.1 Å². The zero-order chi connectivity index (χ0) is 33.1. The van der Waals surface area contributed by atoms with Crippen LogP contribution in [0.2, 0.25) is 5.02 Å². The number of aromatic nitrogens is 1. The summed E-state index contributed by atoms with van der Waals surface area (Å²) in [6.07, 6.45) is -0.463. The molecule has 3 aromatic rings. The Morgan fingerprint density at radius 2 is 1.73 bits per heavy atom. The summed E-state index contributed by atoms with van der Waals surface area (Å²) in [6.45, 7) is 5.97. The molecule has 0 saturated heterocycles. The number of hydrazine groups is 1. The molecule has 4 amide bonds. The van der Waals surface area contributed by atoms with E-state index in [9.17, 15) is 28.0 Å². The van der Waals surface area contributed by atoms with Crippen molar-refractivity contribution < 1.29 is 37.4 Å². The Balaban J connectivity index is 1.66. The maximum atomic E-state index is 14.0. The van der Waals surface area contributed by atoms with Gasteiger partial charge in [0.1, 0.15) is 29.7 Å². The number of ether oxygens (including phenoxy) is 2. The van der Waals surface area contributed by atoms with Crippen molar-refractivity contribution >= 4 is 52.2 Å². The Bertz CT molecular complexity index is 1540. The monoisotopic (exact) mass is 648 g/mol. The van der Waals surface area contributed by atoms with Gasteiger partial charge in [0.2, 0.25) is 11.8 Å². The Kier molecular flexibility index (Phi) is 12.4. The molecule has 45 heavy (non-hydrogen) atoms. The van der Waals surface area contributed by atoms with Crippen LogP contribution < -0.4 is 21.4 Å². The van der Waals surface area contributed by atoms with Gasteiger partial charge in [0.25, 0.3) is 0 Å². The predicted molar refractivity (Wildman–Crippen MR) is 163 cm³/mol. The fourth-order valence-corrected chi connectivity index (χ4v) is 4.23. The van der Waals surface area contributed by atoms with Crippen LogP contribution in [0.4, 0.5) is 24.2 Å². The van der Waals surface area contributed by atoms with Crippen LogP contribution >= 0.6 is 11.6 Å². The van der Waals surface area contributed by atoms with Crippen LogP contribution in [0.15, 0.2) is 48.7 Å². The van der Waals surface area contributed by atoms with Crippen LogP contribution in [0.3, 0.4) is 0 Å². The number of fused-ring (bicyclic) bond motifs is 1. The Morgan fingerprint density at radius 3 is 2.44 bits per heavy atom. The number of benzene rings is 2. The fraction of sp³-hybridized carbons (Fsp3) is 0.367. The van der Waals surface area contributed by atoms with Gasteiger partial charge in [0.15, 0.2) is 0 Å². The van der Waals surface area contributed by atoms with Gasteiger partial charge >= 0.3 is 12.2 Å². The van der Waals surface area contributed by atoms with Gasteiger partial charge in [-0.3, -0.25) is 19.9 Å². The van der Waals surface area contributed by atoms with E-state index in [-0.39, 0.29) is 36.9 Å². The maximum Gasteiger partial charge on any atom is 0.412 e. The van der Waals surface area contributed by atoms with Crippen LogP contribution in [-0.4, -0.2) is 65.3 Å². The van der Waals surface area contributed by atoms with Gasteiger partial charge in [-0.25, -0.2) is 28.8 Å². The highest BCUT2D eigenvalue weighted by Crippen LogP contribution is 2.20. The van der Waals surface area contributed by atoms with E-state index in [4.69, 9.17) is 21.1 Å². The molecule has 1 atom stereocenters. The van der Waals surface area contributed by atoms with Crippen LogP contribution in [-0.2, 0) is 25.6 Å². The molecule has 15 heteroatoms. The van der Waals surface area contributed by atoms with Crippen molar-refractivity contribution in [3.8, 4) is 0 Å². The summed E-state index contributed by atoms with van der Waals surface area (Å²) in [5.74, 6) is -2.07. The molecule has 0 bridgehead atoms. The van der Waals surface area contributed by atoms with E-state index in [1.807, 2.05) is 0 Å². The topological polar surface area (TPSA) is 151 Å². The quantitative estimate of drug-likeness (QED) is 0.163. The largest absolute Gasteiger partial charge is 0.447 e. The van der Waals surface area contributed by atoms with E-state index in [1.165, 1.54) is 43.5 Å². The van der Waals surface area contributed by atoms with E-state index in [2.05, 4.69) is 26.4 Å². The summed E-state index contributed by atoms with van der Waals surface area (Å²) in [5, 5.41) is 9.68. The zero-order valence-corrected chi connectivity index (χ0v) is 26.0. The van der Waals surface area contributed by atoms with Crippen molar-refractivity contribution in [2.75, 3.05) is 25.0 Å². The Labute approximate surface area is 263 Å². The molecule has 1 aromatic heterocycles. The average molecular weight is 649 g/mol. The van der Waals surface area contributed by atoms with Gasteiger partial charge in [-0.15, -0.1) is 0 Å². The molecule has 2 aromatic carbocycles. The van der Waals surface area contributed by atoms with Crippen LogP contribution in [0.1, 0.15) is 39.7 Å². The summed E-state index contributed by atoms with van der Waals surface area (Å²) in [7, 11) is 0. The standard InChI is InChI=1S/C30H35ClF2N6O6/c1-18(40)39(37-16-20-6-5-7-24(33)27(20)31)23(14-26(41)34-10-11-35-28(42)45-30(2,3)4)17-44-29(43)38-25-13-21-12-22(32)9-8-19(21)15-36-25/h5-9,12-13,15,23,37H,10-11,14,16-17H2,1-4H3,(H,34,41)(H,35,42)(H,36,38,43). The van der Waals surface area contributed by atoms with Crippen LogP contribution in [0, 0.1) is 11.6 Å². The number of carbonyl (C=O) groups excluding carboxylic acids is 4. The fourth-order valence-electron chi connectivity index (χ4n) is 4.04. The normalized spacial score (nSPS) is 11.8. The molecule has 1 unspecified atom stereocenters. The summed E-state index contributed by atoms with van der Waals surface area (Å²) < 4.78 is 38.1. The second-order valence-corrected chi connectivity index (χ2v) is 11.2.